The Bertz CT molecular complexity index is 1140. The molecule has 1 saturated heterocycles. The number of carbonyl (C=O) groups excluding carboxylic acids is 1. The number of ether oxygens (including phenoxy) is 3. The van der Waals surface area contributed by atoms with Crippen molar-refractivity contribution in [2.75, 3.05) is 33.0 Å². The summed E-state index contributed by atoms with van der Waals surface area (Å²) in [5.41, 5.74) is 2.00. The van der Waals surface area contributed by atoms with Gasteiger partial charge in [-0.2, -0.15) is 5.10 Å². The van der Waals surface area contributed by atoms with Gasteiger partial charge in [0.15, 0.2) is 11.5 Å². The van der Waals surface area contributed by atoms with Gasteiger partial charge in [0, 0.05) is 31.3 Å². The van der Waals surface area contributed by atoms with Crippen LogP contribution in [0.15, 0.2) is 48.8 Å². The molecule has 0 bridgehead atoms. The Morgan fingerprint density at radius 2 is 2.09 bits per heavy atom. The molecular formula is C25H28ClFN4O4. The van der Waals surface area contributed by atoms with Crippen LogP contribution in [0.3, 0.4) is 0 Å². The minimum atomic E-state index is -0.522. The lowest BCUT2D eigenvalue weighted by Gasteiger charge is -2.32. The van der Waals surface area contributed by atoms with E-state index < -0.39 is 11.7 Å². The first kappa shape index (κ1) is 24.8. The maximum Gasteiger partial charge on any atom is 0.254 e. The second-order valence-electron chi connectivity index (χ2n) is 8.54. The van der Waals surface area contributed by atoms with E-state index in [4.69, 9.17) is 14.2 Å². The lowest BCUT2D eigenvalue weighted by atomic mass is 9.81. The SMILES string of the molecule is Cl.O=C(NCCc1cn[nH]c1)c1cc([C@@H]2CCNC[C@H]2COc2ccc3c(c2)OCO3)ccc1F. The van der Waals surface area contributed by atoms with E-state index in [1.165, 1.54) is 6.07 Å². The molecule has 3 N–H and O–H groups in total. The van der Waals surface area contributed by atoms with Crippen LogP contribution in [0.25, 0.3) is 0 Å². The molecule has 186 valence electrons. The fourth-order valence-electron chi connectivity index (χ4n) is 4.48. The van der Waals surface area contributed by atoms with Crippen LogP contribution in [0.5, 0.6) is 17.2 Å². The lowest BCUT2D eigenvalue weighted by molar-refractivity contribution is 0.0950. The monoisotopic (exact) mass is 502 g/mol. The number of amides is 1. The topological polar surface area (TPSA) is 97.5 Å². The number of aromatic nitrogens is 2. The van der Waals surface area contributed by atoms with Gasteiger partial charge < -0.3 is 24.8 Å². The van der Waals surface area contributed by atoms with Crippen molar-refractivity contribution in [3.8, 4) is 17.2 Å². The van der Waals surface area contributed by atoms with Gasteiger partial charge in [0.05, 0.1) is 18.4 Å². The zero-order valence-corrected chi connectivity index (χ0v) is 19.9. The van der Waals surface area contributed by atoms with E-state index in [0.717, 1.165) is 30.6 Å². The lowest BCUT2D eigenvalue weighted by Crippen LogP contribution is -2.38. The number of rotatable bonds is 8. The minimum absolute atomic E-state index is 0. The van der Waals surface area contributed by atoms with Gasteiger partial charge in [0.2, 0.25) is 6.79 Å². The van der Waals surface area contributed by atoms with Gasteiger partial charge in [-0.1, -0.05) is 6.07 Å². The Kier molecular flexibility index (Phi) is 8.09. The quantitative estimate of drug-likeness (QED) is 0.436. The zero-order valence-electron chi connectivity index (χ0n) is 19.1. The average molecular weight is 503 g/mol. The molecule has 0 aliphatic carbocycles. The van der Waals surface area contributed by atoms with Gasteiger partial charge in [0.25, 0.3) is 5.91 Å². The molecule has 3 aromatic rings. The number of nitrogens with zero attached hydrogens (tertiary/aromatic N) is 1. The number of aromatic amines is 1. The molecule has 1 fully saturated rings. The maximum absolute atomic E-state index is 14.5. The molecule has 2 aliphatic heterocycles. The molecule has 2 atom stereocenters. The highest BCUT2D eigenvalue weighted by Crippen LogP contribution is 2.36. The van der Waals surface area contributed by atoms with E-state index in [1.54, 1.807) is 24.5 Å². The minimum Gasteiger partial charge on any atom is -0.493 e. The number of halogens is 2. The van der Waals surface area contributed by atoms with Crippen LogP contribution in [-0.2, 0) is 6.42 Å². The van der Waals surface area contributed by atoms with Gasteiger partial charge in [-0.15, -0.1) is 12.4 Å². The van der Waals surface area contributed by atoms with Crippen LogP contribution in [0, 0.1) is 11.7 Å². The molecule has 0 spiro atoms. The van der Waals surface area contributed by atoms with E-state index in [-0.39, 0.29) is 36.6 Å². The Hall–Kier alpha value is -3.30. The Labute approximate surface area is 209 Å². The highest BCUT2D eigenvalue weighted by atomic mass is 35.5. The van der Waals surface area contributed by atoms with E-state index >= 15 is 0 Å². The summed E-state index contributed by atoms with van der Waals surface area (Å²) >= 11 is 0. The van der Waals surface area contributed by atoms with Crippen LogP contribution in [0.4, 0.5) is 4.39 Å². The first-order valence-electron chi connectivity index (χ1n) is 11.5. The standard InChI is InChI=1S/C25H27FN4O4.ClH/c26-22-3-1-17(9-21(22)25(31)28-8-5-16-11-29-30-12-16)20-6-7-27-13-18(20)14-32-19-2-4-23-24(10-19)34-15-33-23;/h1-4,9-12,18,20,27H,5-8,13-15H2,(H,28,31)(H,29,30);1H/t18-,20-;/m0./s1. The molecule has 1 aromatic heterocycles. The van der Waals surface area contributed by atoms with Crippen molar-refractivity contribution in [1.82, 2.24) is 20.8 Å². The van der Waals surface area contributed by atoms with Crippen molar-refractivity contribution in [1.29, 1.82) is 0 Å². The molecule has 3 heterocycles. The summed E-state index contributed by atoms with van der Waals surface area (Å²) in [6, 6.07) is 10.4. The summed E-state index contributed by atoms with van der Waals surface area (Å²) in [6.45, 7) is 2.74. The van der Waals surface area contributed by atoms with Crippen molar-refractivity contribution in [2.45, 2.75) is 18.8 Å². The third-order valence-electron chi connectivity index (χ3n) is 6.33. The fourth-order valence-corrected chi connectivity index (χ4v) is 4.48. The molecule has 0 unspecified atom stereocenters. The molecule has 2 aromatic carbocycles. The molecule has 2 aliphatic rings. The fraction of sp³-hybridized carbons (Fsp3) is 0.360. The number of fused-ring (bicyclic) bond motifs is 1. The summed E-state index contributed by atoms with van der Waals surface area (Å²) in [7, 11) is 0. The number of carbonyl (C=O) groups is 1. The predicted octanol–water partition coefficient (Wildman–Crippen LogP) is 3.44. The molecule has 35 heavy (non-hydrogen) atoms. The third kappa shape index (κ3) is 5.86. The average Bonchev–Trinajstić information content (AvgIpc) is 3.55. The number of hydrogen-bond donors (Lipinski definition) is 3. The van der Waals surface area contributed by atoms with Crippen LogP contribution >= 0.6 is 12.4 Å². The molecule has 0 radical (unpaired) electrons. The van der Waals surface area contributed by atoms with Gasteiger partial charge >= 0.3 is 0 Å². The highest BCUT2D eigenvalue weighted by molar-refractivity contribution is 5.94. The summed E-state index contributed by atoms with van der Waals surface area (Å²) in [4.78, 5) is 12.7. The van der Waals surface area contributed by atoms with Gasteiger partial charge in [-0.25, -0.2) is 4.39 Å². The van der Waals surface area contributed by atoms with Crippen molar-refractivity contribution in [3.63, 3.8) is 0 Å². The molecule has 8 nitrogen and oxygen atoms in total. The van der Waals surface area contributed by atoms with E-state index in [0.29, 0.717) is 36.8 Å². The van der Waals surface area contributed by atoms with Crippen LogP contribution in [0.2, 0.25) is 0 Å². The van der Waals surface area contributed by atoms with Crippen molar-refractivity contribution in [2.24, 2.45) is 5.92 Å². The van der Waals surface area contributed by atoms with Crippen LogP contribution < -0.4 is 24.8 Å². The van der Waals surface area contributed by atoms with E-state index in [1.807, 2.05) is 18.2 Å². The number of hydrogen-bond acceptors (Lipinski definition) is 6. The summed E-state index contributed by atoms with van der Waals surface area (Å²) < 4.78 is 31.4. The first-order valence-corrected chi connectivity index (χ1v) is 11.5. The van der Waals surface area contributed by atoms with E-state index in [9.17, 15) is 9.18 Å². The predicted molar refractivity (Wildman–Crippen MR) is 130 cm³/mol. The Morgan fingerprint density at radius 3 is 2.94 bits per heavy atom. The molecular weight excluding hydrogens is 475 g/mol. The molecule has 5 rings (SSSR count). The summed E-state index contributed by atoms with van der Waals surface area (Å²) in [6.07, 6.45) is 4.98. The number of piperidine rings is 1. The molecule has 0 saturated carbocycles. The first-order chi connectivity index (χ1) is 16.7. The van der Waals surface area contributed by atoms with Gasteiger partial charge in [-0.3, -0.25) is 9.89 Å². The molecule has 10 heteroatoms. The Morgan fingerprint density at radius 1 is 1.20 bits per heavy atom. The largest absolute Gasteiger partial charge is 0.493 e. The number of benzene rings is 2. The summed E-state index contributed by atoms with van der Waals surface area (Å²) in [5, 5.41) is 12.8. The van der Waals surface area contributed by atoms with Crippen LogP contribution in [0.1, 0.15) is 33.8 Å². The van der Waals surface area contributed by atoms with Crippen LogP contribution in [-0.4, -0.2) is 49.1 Å². The second-order valence-corrected chi connectivity index (χ2v) is 8.54. The smallest absolute Gasteiger partial charge is 0.254 e. The van der Waals surface area contributed by atoms with Gasteiger partial charge in [-0.05, 0) is 60.7 Å². The number of H-pyrrole nitrogens is 1. The second kappa shape index (κ2) is 11.4. The number of nitrogens with one attached hydrogen (secondary N) is 3. The molecule has 1 amide bonds. The highest BCUT2D eigenvalue weighted by Gasteiger charge is 2.28. The zero-order chi connectivity index (χ0) is 23.3. The third-order valence-corrected chi connectivity index (χ3v) is 6.33. The Balaban J connectivity index is 0.00000289. The normalized spacial score (nSPS) is 18.5. The summed E-state index contributed by atoms with van der Waals surface area (Å²) in [5.74, 6) is 1.49. The maximum atomic E-state index is 14.5. The van der Waals surface area contributed by atoms with E-state index in [2.05, 4.69) is 20.8 Å². The van der Waals surface area contributed by atoms with Crippen molar-refractivity contribution < 1.29 is 23.4 Å². The van der Waals surface area contributed by atoms with Crippen molar-refractivity contribution in [3.05, 3.63) is 71.3 Å². The van der Waals surface area contributed by atoms with Gasteiger partial charge in [0.1, 0.15) is 11.6 Å². The van der Waals surface area contributed by atoms with Crippen molar-refractivity contribution >= 4 is 18.3 Å².